The maximum atomic E-state index is 14.7. The van der Waals surface area contributed by atoms with Gasteiger partial charge in [0.2, 0.25) is 5.95 Å². The first-order valence-electron chi connectivity index (χ1n) is 13.0. The van der Waals surface area contributed by atoms with E-state index in [-0.39, 0.29) is 24.8 Å². The topological polar surface area (TPSA) is 130 Å². The summed E-state index contributed by atoms with van der Waals surface area (Å²) < 4.78 is 20.2. The first-order valence-corrected chi connectivity index (χ1v) is 13.9. The van der Waals surface area contributed by atoms with Gasteiger partial charge in [0.1, 0.15) is 11.9 Å². The maximum Gasteiger partial charge on any atom is 0.338 e. The van der Waals surface area contributed by atoms with Gasteiger partial charge < -0.3 is 20.1 Å². The van der Waals surface area contributed by atoms with E-state index in [1.807, 2.05) is 10.3 Å². The number of nitrogens with one attached hydrogen (secondary N) is 1. The van der Waals surface area contributed by atoms with E-state index < -0.39 is 18.0 Å². The van der Waals surface area contributed by atoms with Gasteiger partial charge in [-0.05, 0) is 43.9 Å². The van der Waals surface area contributed by atoms with Gasteiger partial charge in [0.05, 0.1) is 18.6 Å². The fourth-order valence-corrected chi connectivity index (χ4v) is 5.65. The number of aliphatic carboxylic acids is 1. The summed E-state index contributed by atoms with van der Waals surface area (Å²) in [6, 6.07) is 4.06. The zero-order valence-corrected chi connectivity index (χ0v) is 22.9. The van der Waals surface area contributed by atoms with Gasteiger partial charge in [0.15, 0.2) is 10.8 Å². The first kappa shape index (κ1) is 27.4. The molecule has 208 valence electrons. The molecule has 0 radical (unpaired) electrons. The van der Waals surface area contributed by atoms with Gasteiger partial charge in [-0.3, -0.25) is 9.79 Å². The lowest BCUT2D eigenvalue weighted by molar-refractivity contribution is -0.139. The molecule has 3 aromatic rings. The third kappa shape index (κ3) is 5.71. The molecule has 2 aliphatic rings. The van der Waals surface area contributed by atoms with Crippen LogP contribution >= 0.6 is 11.3 Å². The first-order chi connectivity index (χ1) is 19.4. The third-order valence-corrected chi connectivity index (χ3v) is 7.82. The van der Waals surface area contributed by atoms with Gasteiger partial charge in [0, 0.05) is 54.2 Å². The van der Waals surface area contributed by atoms with Crippen LogP contribution < -0.4 is 10.2 Å². The number of anilines is 1. The van der Waals surface area contributed by atoms with Crippen molar-refractivity contribution >= 4 is 35.1 Å². The Bertz CT molecular complexity index is 1450. The van der Waals surface area contributed by atoms with Crippen molar-refractivity contribution in [2.24, 2.45) is 10.9 Å². The number of allylic oxidation sites excluding steroid dienone is 1. The molecule has 1 aromatic carbocycles. The van der Waals surface area contributed by atoms with Crippen LogP contribution in [0.1, 0.15) is 47.5 Å². The molecule has 0 aliphatic carbocycles. The number of aromatic nitrogens is 3. The fraction of sp³-hybridized carbons (Fsp3) is 0.357. The van der Waals surface area contributed by atoms with E-state index in [0.717, 1.165) is 0 Å². The quantitative estimate of drug-likeness (QED) is 0.392. The average Bonchev–Trinajstić information content (AvgIpc) is 3.50. The van der Waals surface area contributed by atoms with Crippen molar-refractivity contribution < 1.29 is 23.8 Å². The Kier molecular flexibility index (Phi) is 8.15. The summed E-state index contributed by atoms with van der Waals surface area (Å²) in [4.78, 5) is 44.5. The Hall–Kier alpha value is -4.19. The summed E-state index contributed by atoms with van der Waals surface area (Å²) in [5, 5.41) is 14.9. The minimum absolute atomic E-state index is 0.0382. The van der Waals surface area contributed by atoms with Crippen molar-refractivity contribution in [3.05, 3.63) is 81.0 Å². The SMILES string of the molecule is CCOC(=O)C1=C(C2CCN(c3ncc(CC(=O)O)cn3)CC2)NC(c2nccs2)=NC1c1cccc(F)c1C. The highest BCUT2D eigenvalue weighted by Crippen LogP contribution is 2.39. The molecule has 2 aliphatic heterocycles. The molecule has 12 heteroatoms. The Morgan fingerprint density at radius 2 is 1.95 bits per heavy atom. The lowest BCUT2D eigenvalue weighted by Gasteiger charge is -2.36. The zero-order valence-electron chi connectivity index (χ0n) is 22.1. The van der Waals surface area contributed by atoms with Gasteiger partial charge in [-0.25, -0.2) is 24.1 Å². The number of benzene rings is 1. The van der Waals surface area contributed by atoms with Gasteiger partial charge in [-0.2, -0.15) is 0 Å². The molecule has 2 N–H and O–H groups in total. The minimum atomic E-state index is -0.935. The number of carbonyl (C=O) groups excluding carboxylic acids is 1. The number of rotatable bonds is 8. The number of aliphatic imine (C=N–C) groups is 1. The number of ether oxygens (including phenoxy) is 1. The van der Waals surface area contributed by atoms with Gasteiger partial charge in [-0.15, -0.1) is 11.3 Å². The van der Waals surface area contributed by atoms with E-state index in [1.165, 1.54) is 29.8 Å². The number of hydrogen-bond acceptors (Lipinski definition) is 10. The second-order valence-corrected chi connectivity index (χ2v) is 10.5. The zero-order chi connectivity index (χ0) is 28.2. The molecule has 0 amide bonds. The minimum Gasteiger partial charge on any atom is -0.481 e. The Balaban J connectivity index is 1.48. The smallest absolute Gasteiger partial charge is 0.338 e. The summed E-state index contributed by atoms with van der Waals surface area (Å²) in [7, 11) is 0. The van der Waals surface area contributed by atoms with Crippen LogP contribution in [0.15, 0.2) is 58.4 Å². The van der Waals surface area contributed by atoms with E-state index in [9.17, 15) is 14.0 Å². The Morgan fingerprint density at radius 1 is 1.20 bits per heavy atom. The van der Waals surface area contributed by atoms with Crippen LogP contribution in [0, 0.1) is 18.7 Å². The highest BCUT2D eigenvalue weighted by molar-refractivity contribution is 7.11. The van der Waals surface area contributed by atoms with Crippen molar-refractivity contribution in [3.8, 4) is 0 Å². The number of piperidine rings is 1. The lowest BCUT2D eigenvalue weighted by Crippen LogP contribution is -2.42. The largest absolute Gasteiger partial charge is 0.481 e. The molecule has 2 aromatic heterocycles. The van der Waals surface area contributed by atoms with Crippen LogP contribution in [0.2, 0.25) is 0 Å². The van der Waals surface area contributed by atoms with Crippen LogP contribution in [0.3, 0.4) is 0 Å². The molecule has 0 saturated carbocycles. The van der Waals surface area contributed by atoms with Crippen LogP contribution in [-0.2, 0) is 20.7 Å². The number of nitrogens with zero attached hydrogens (tertiary/aromatic N) is 5. The Morgan fingerprint density at radius 3 is 2.60 bits per heavy atom. The standard InChI is InChI=1S/C28H29FN6O4S/c1-3-39-27(38)22-23(18-7-10-35(11-8-18)28-31-14-17(15-32-28)13-21(36)37)33-25(26-30-9-12-40-26)34-24(22)19-5-4-6-20(29)16(19)2/h4-6,9,12,14-15,18,24H,3,7-8,10-11,13H2,1-2H3,(H,33,34)(H,36,37). The summed E-state index contributed by atoms with van der Waals surface area (Å²) in [5.74, 6) is -0.762. The second-order valence-electron chi connectivity index (χ2n) is 9.57. The molecule has 10 nitrogen and oxygen atoms in total. The molecule has 1 unspecified atom stereocenters. The molecule has 4 heterocycles. The number of carboxylic acids is 1. The van der Waals surface area contributed by atoms with Gasteiger partial charge in [0.25, 0.3) is 0 Å². The molecule has 0 bridgehead atoms. The second kappa shape index (κ2) is 11.9. The van der Waals surface area contributed by atoms with Gasteiger partial charge in [-0.1, -0.05) is 12.1 Å². The predicted octanol–water partition coefficient (Wildman–Crippen LogP) is 3.83. The van der Waals surface area contributed by atoms with Crippen LogP contribution in [0.5, 0.6) is 0 Å². The van der Waals surface area contributed by atoms with Crippen molar-refractivity contribution in [2.75, 3.05) is 24.6 Å². The lowest BCUT2D eigenvalue weighted by atomic mass is 9.85. The van der Waals surface area contributed by atoms with Crippen molar-refractivity contribution in [2.45, 2.75) is 39.2 Å². The number of amidine groups is 1. The van der Waals surface area contributed by atoms with E-state index in [4.69, 9.17) is 14.8 Å². The number of esters is 1. The molecule has 40 heavy (non-hydrogen) atoms. The number of thiazole rings is 1. The third-order valence-electron chi connectivity index (χ3n) is 7.04. The molecule has 1 fully saturated rings. The van der Waals surface area contributed by atoms with E-state index in [1.54, 1.807) is 32.2 Å². The predicted molar refractivity (Wildman–Crippen MR) is 148 cm³/mol. The van der Waals surface area contributed by atoms with Crippen LogP contribution in [-0.4, -0.2) is 57.5 Å². The molecular weight excluding hydrogens is 535 g/mol. The van der Waals surface area contributed by atoms with Crippen molar-refractivity contribution in [1.82, 2.24) is 20.3 Å². The van der Waals surface area contributed by atoms with E-state index in [2.05, 4.69) is 20.3 Å². The highest BCUT2D eigenvalue weighted by atomic mass is 32.1. The monoisotopic (exact) mass is 564 g/mol. The van der Waals surface area contributed by atoms with Crippen LogP contribution in [0.4, 0.5) is 10.3 Å². The normalized spacial score (nSPS) is 17.8. The molecule has 1 saturated heterocycles. The summed E-state index contributed by atoms with van der Waals surface area (Å²) >= 11 is 1.43. The maximum absolute atomic E-state index is 14.7. The van der Waals surface area contributed by atoms with Gasteiger partial charge >= 0.3 is 11.9 Å². The Labute approximate surface area is 234 Å². The highest BCUT2D eigenvalue weighted by Gasteiger charge is 2.37. The fourth-order valence-electron chi connectivity index (χ4n) is 5.06. The molecule has 0 spiro atoms. The number of carboxylic acid groups (broad SMARTS) is 1. The summed E-state index contributed by atoms with van der Waals surface area (Å²) in [6.45, 7) is 4.88. The molecule has 5 rings (SSSR count). The average molecular weight is 565 g/mol. The molecular formula is C28H29FN6O4S. The molecule has 1 atom stereocenters. The number of carbonyl (C=O) groups is 2. The van der Waals surface area contributed by atoms with E-state index in [0.29, 0.717) is 70.7 Å². The van der Waals surface area contributed by atoms with E-state index >= 15 is 0 Å². The summed E-state index contributed by atoms with van der Waals surface area (Å²) in [5.41, 5.74) is 2.65. The van der Waals surface area contributed by atoms with Crippen molar-refractivity contribution in [3.63, 3.8) is 0 Å². The van der Waals surface area contributed by atoms with Crippen molar-refractivity contribution in [1.29, 1.82) is 0 Å². The number of hydrogen-bond donors (Lipinski definition) is 2. The summed E-state index contributed by atoms with van der Waals surface area (Å²) in [6.07, 6.45) is 6.01. The van der Waals surface area contributed by atoms with Crippen LogP contribution in [0.25, 0.3) is 0 Å². The number of halogens is 1.